The van der Waals surface area contributed by atoms with E-state index >= 15 is 0 Å². The Morgan fingerprint density at radius 3 is 2.56 bits per heavy atom. The zero-order valence-electron chi connectivity index (χ0n) is 8.15. The average molecular weight is 220 g/mol. The number of hydrogen-bond donors (Lipinski definition) is 1. The largest absolute Gasteiger partial charge is 0.390 e. The molecular formula is C9H8N4O3. The molecule has 0 aliphatic heterocycles. The second kappa shape index (κ2) is 4.07. The normalized spacial score (nSPS) is 10.3. The quantitative estimate of drug-likeness (QED) is 0.605. The van der Waals surface area contributed by atoms with Crippen LogP contribution in [-0.4, -0.2) is 25.0 Å². The number of hydrogen-bond acceptors (Lipinski definition) is 5. The van der Waals surface area contributed by atoms with Crippen LogP contribution in [0.3, 0.4) is 0 Å². The van der Waals surface area contributed by atoms with Gasteiger partial charge in [-0.1, -0.05) is 5.21 Å². The summed E-state index contributed by atoms with van der Waals surface area (Å²) in [6.45, 7) is -0.188. The van der Waals surface area contributed by atoms with Crippen LogP contribution in [0.25, 0.3) is 5.69 Å². The summed E-state index contributed by atoms with van der Waals surface area (Å²) in [4.78, 5) is 9.97. The molecule has 0 saturated heterocycles. The molecule has 1 N–H and O–H groups in total. The van der Waals surface area contributed by atoms with Crippen molar-refractivity contribution in [3.8, 4) is 5.69 Å². The molecule has 0 radical (unpaired) electrons. The van der Waals surface area contributed by atoms with Gasteiger partial charge >= 0.3 is 0 Å². The van der Waals surface area contributed by atoms with Crippen LogP contribution < -0.4 is 0 Å². The molecular weight excluding hydrogens is 212 g/mol. The zero-order chi connectivity index (χ0) is 11.5. The number of aliphatic hydroxyl groups is 1. The van der Waals surface area contributed by atoms with E-state index in [1.165, 1.54) is 16.8 Å². The van der Waals surface area contributed by atoms with E-state index in [4.69, 9.17) is 5.11 Å². The van der Waals surface area contributed by atoms with Crippen molar-refractivity contribution in [1.29, 1.82) is 0 Å². The molecule has 0 aliphatic carbocycles. The lowest BCUT2D eigenvalue weighted by atomic mass is 10.3. The van der Waals surface area contributed by atoms with Crippen LogP contribution >= 0.6 is 0 Å². The summed E-state index contributed by atoms with van der Waals surface area (Å²) in [5.41, 5.74) is 1.11. The van der Waals surface area contributed by atoms with Gasteiger partial charge in [-0.25, -0.2) is 4.68 Å². The fourth-order valence-corrected chi connectivity index (χ4v) is 1.22. The van der Waals surface area contributed by atoms with E-state index in [1.807, 2.05) is 0 Å². The molecule has 2 rings (SSSR count). The van der Waals surface area contributed by atoms with Gasteiger partial charge in [-0.15, -0.1) is 5.10 Å². The first-order chi connectivity index (χ1) is 7.70. The third-order valence-electron chi connectivity index (χ3n) is 2.03. The van der Waals surface area contributed by atoms with Crippen molar-refractivity contribution in [3.63, 3.8) is 0 Å². The summed E-state index contributed by atoms with van der Waals surface area (Å²) in [6, 6.07) is 5.90. The number of aliphatic hydroxyl groups excluding tert-OH is 1. The van der Waals surface area contributed by atoms with E-state index in [9.17, 15) is 10.1 Å². The van der Waals surface area contributed by atoms with E-state index < -0.39 is 4.92 Å². The molecule has 2 aromatic rings. The summed E-state index contributed by atoms with van der Waals surface area (Å²) >= 11 is 0. The molecule has 0 amide bonds. The highest BCUT2D eigenvalue weighted by Gasteiger charge is 2.06. The molecule has 1 heterocycles. The van der Waals surface area contributed by atoms with Gasteiger partial charge in [0.15, 0.2) is 0 Å². The molecule has 0 spiro atoms. The van der Waals surface area contributed by atoms with Gasteiger partial charge in [-0.2, -0.15) is 0 Å². The van der Waals surface area contributed by atoms with Crippen LogP contribution in [0.1, 0.15) is 5.69 Å². The molecule has 0 bridgehead atoms. The molecule has 7 heteroatoms. The van der Waals surface area contributed by atoms with Crippen molar-refractivity contribution in [1.82, 2.24) is 15.0 Å². The van der Waals surface area contributed by atoms with Gasteiger partial charge in [0, 0.05) is 12.1 Å². The smallest absolute Gasteiger partial charge is 0.269 e. The Labute approximate surface area is 90.1 Å². The second-order valence-electron chi connectivity index (χ2n) is 3.09. The minimum Gasteiger partial charge on any atom is -0.390 e. The summed E-state index contributed by atoms with van der Waals surface area (Å²) in [5.74, 6) is 0. The molecule has 0 fully saturated rings. The molecule has 1 aromatic heterocycles. The Balaban J connectivity index is 2.30. The molecule has 1 aromatic carbocycles. The Bertz CT molecular complexity index is 506. The first-order valence-corrected chi connectivity index (χ1v) is 4.47. The highest BCUT2D eigenvalue weighted by molar-refractivity contribution is 5.40. The topological polar surface area (TPSA) is 94.1 Å². The maximum absolute atomic E-state index is 10.4. The van der Waals surface area contributed by atoms with Crippen molar-refractivity contribution in [3.05, 3.63) is 46.3 Å². The maximum Gasteiger partial charge on any atom is 0.269 e. The summed E-state index contributed by atoms with van der Waals surface area (Å²) in [7, 11) is 0. The first-order valence-electron chi connectivity index (χ1n) is 4.47. The zero-order valence-corrected chi connectivity index (χ0v) is 8.15. The van der Waals surface area contributed by atoms with Gasteiger partial charge in [-0.05, 0) is 12.1 Å². The predicted molar refractivity (Wildman–Crippen MR) is 53.9 cm³/mol. The van der Waals surface area contributed by atoms with Crippen LogP contribution in [-0.2, 0) is 6.61 Å². The average Bonchev–Trinajstić information content (AvgIpc) is 2.77. The summed E-state index contributed by atoms with van der Waals surface area (Å²) < 4.78 is 1.44. The van der Waals surface area contributed by atoms with Gasteiger partial charge in [0.25, 0.3) is 5.69 Å². The van der Waals surface area contributed by atoms with E-state index in [0.29, 0.717) is 11.4 Å². The minimum absolute atomic E-state index is 0.0197. The van der Waals surface area contributed by atoms with Gasteiger partial charge in [0.2, 0.25) is 0 Å². The van der Waals surface area contributed by atoms with Gasteiger partial charge in [0.1, 0.15) is 5.69 Å². The standard InChI is InChI=1S/C9H8N4O3/c14-6-7-5-12(11-10-7)8-1-3-9(4-2-8)13(15)16/h1-5,14H,6H2. The Morgan fingerprint density at radius 2 is 2.06 bits per heavy atom. The maximum atomic E-state index is 10.4. The number of non-ortho nitro benzene ring substituents is 1. The minimum atomic E-state index is -0.468. The van der Waals surface area contributed by atoms with E-state index in [-0.39, 0.29) is 12.3 Å². The van der Waals surface area contributed by atoms with Crippen LogP contribution in [0, 0.1) is 10.1 Å². The molecule has 0 aliphatic rings. The van der Waals surface area contributed by atoms with Crippen molar-refractivity contribution in [2.45, 2.75) is 6.61 Å². The number of nitrogens with zero attached hydrogens (tertiary/aromatic N) is 4. The van der Waals surface area contributed by atoms with Crippen molar-refractivity contribution >= 4 is 5.69 Å². The SMILES string of the molecule is O=[N+]([O-])c1ccc(-n2cc(CO)nn2)cc1. The van der Waals surface area contributed by atoms with Crippen molar-refractivity contribution < 1.29 is 10.0 Å². The molecule has 7 nitrogen and oxygen atoms in total. The third-order valence-corrected chi connectivity index (χ3v) is 2.03. The van der Waals surface area contributed by atoms with Crippen LogP contribution in [0.4, 0.5) is 5.69 Å². The number of nitro benzene ring substituents is 1. The van der Waals surface area contributed by atoms with Gasteiger partial charge in [0.05, 0.1) is 23.4 Å². The monoisotopic (exact) mass is 220 g/mol. The summed E-state index contributed by atoms with van der Waals surface area (Å²) in [6.07, 6.45) is 1.56. The number of aromatic nitrogens is 3. The third kappa shape index (κ3) is 1.89. The highest BCUT2D eigenvalue weighted by atomic mass is 16.6. The van der Waals surface area contributed by atoms with E-state index in [1.54, 1.807) is 18.3 Å². The van der Waals surface area contributed by atoms with E-state index in [2.05, 4.69) is 10.3 Å². The Morgan fingerprint density at radius 1 is 1.38 bits per heavy atom. The lowest BCUT2D eigenvalue weighted by molar-refractivity contribution is -0.384. The predicted octanol–water partition coefficient (Wildman–Crippen LogP) is 0.668. The molecule has 0 atom stereocenters. The Kier molecular flexibility index (Phi) is 2.61. The van der Waals surface area contributed by atoms with Crippen LogP contribution in [0.5, 0.6) is 0 Å². The lowest BCUT2D eigenvalue weighted by Gasteiger charge is -1.98. The first kappa shape index (κ1) is 10.2. The molecule has 16 heavy (non-hydrogen) atoms. The fourth-order valence-electron chi connectivity index (χ4n) is 1.22. The highest BCUT2D eigenvalue weighted by Crippen LogP contribution is 2.14. The fraction of sp³-hybridized carbons (Fsp3) is 0.111. The van der Waals surface area contributed by atoms with Crippen LogP contribution in [0.15, 0.2) is 30.5 Å². The number of nitro groups is 1. The molecule has 82 valence electrons. The lowest BCUT2D eigenvalue weighted by Crippen LogP contribution is -1.95. The van der Waals surface area contributed by atoms with E-state index in [0.717, 1.165) is 0 Å². The van der Waals surface area contributed by atoms with Gasteiger partial charge in [-0.3, -0.25) is 10.1 Å². The molecule has 0 saturated carbocycles. The second-order valence-corrected chi connectivity index (χ2v) is 3.09. The molecule has 0 unspecified atom stereocenters. The van der Waals surface area contributed by atoms with Crippen LogP contribution in [0.2, 0.25) is 0 Å². The Hall–Kier alpha value is -2.28. The van der Waals surface area contributed by atoms with Crippen molar-refractivity contribution in [2.24, 2.45) is 0 Å². The number of benzene rings is 1. The summed E-state index contributed by atoms with van der Waals surface area (Å²) in [5, 5.41) is 26.7. The van der Waals surface area contributed by atoms with Crippen molar-refractivity contribution in [2.75, 3.05) is 0 Å². The van der Waals surface area contributed by atoms with Gasteiger partial charge < -0.3 is 5.11 Å². The number of rotatable bonds is 3.